The molecular weight excluding hydrogens is 219 g/mol. The van der Waals surface area contributed by atoms with Crippen molar-refractivity contribution in [2.75, 3.05) is 13.2 Å². The van der Waals surface area contributed by atoms with Crippen molar-refractivity contribution in [1.29, 1.82) is 0 Å². The number of nitrogens with one attached hydrogen (secondary N) is 2. The summed E-state index contributed by atoms with van der Waals surface area (Å²) in [6, 6.07) is 6.08. The molecule has 0 fully saturated rings. The Morgan fingerprint density at radius 3 is 3.00 bits per heavy atom. The van der Waals surface area contributed by atoms with Crippen molar-refractivity contribution in [2.24, 2.45) is 0 Å². The van der Waals surface area contributed by atoms with Gasteiger partial charge in [0.05, 0.1) is 0 Å². The number of urea groups is 1. The number of fused-ring (bicyclic) bond motifs is 1. The zero-order valence-corrected chi connectivity index (χ0v) is 9.92. The van der Waals surface area contributed by atoms with Crippen LogP contribution >= 0.6 is 0 Å². The molecule has 0 saturated carbocycles. The van der Waals surface area contributed by atoms with Crippen LogP contribution in [0.2, 0.25) is 0 Å². The molecule has 0 aromatic heterocycles. The summed E-state index contributed by atoms with van der Waals surface area (Å²) in [4.78, 5) is 11.4. The van der Waals surface area contributed by atoms with Crippen molar-refractivity contribution in [3.05, 3.63) is 34.9 Å². The number of rotatable bonds is 3. The van der Waals surface area contributed by atoms with Gasteiger partial charge in [-0.15, -0.1) is 0 Å². The Morgan fingerprint density at radius 1 is 1.47 bits per heavy atom. The van der Waals surface area contributed by atoms with E-state index in [4.69, 9.17) is 0 Å². The van der Waals surface area contributed by atoms with Crippen LogP contribution in [0.3, 0.4) is 0 Å². The van der Waals surface area contributed by atoms with Gasteiger partial charge in [0.1, 0.15) is 6.67 Å². The van der Waals surface area contributed by atoms with Gasteiger partial charge in [-0.25, -0.2) is 9.18 Å². The second kappa shape index (κ2) is 5.17. The number of halogens is 1. The molecule has 0 heterocycles. The fourth-order valence-electron chi connectivity index (χ4n) is 2.33. The number of benzene rings is 1. The summed E-state index contributed by atoms with van der Waals surface area (Å²) >= 11 is 0. The van der Waals surface area contributed by atoms with Crippen LogP contribution in [0.15, 0.2) is 18.2 Å². The van der Waals surface area contributed by atoms with E-state index in [1.165, 1.54) is 16.7 Å². The summed E-state index contributed by atoms with van der Waals surface area (Å²) in [6.45, 7) is 1.63. The molecule has 0 bridgehead atoms. The first-order valence-electron chi connectivity index (χ1n) is 5.88. The summed E-state index contributed by atoms with van der Waals surface area (Å²) in [7, 11) is 0. The molecule has 0 spiro atoms. The maximum Gasteiger partial charge on any atom is 0.315 e. The Labute approximate surface area is 100 Å². The van der Waals surface area contributed by atoms with E-state index in [9.17, 15) is 9.18 Å². The van der Waals surface area contributed by atoms with Crippen LogP contribution in [0, 0.1) is 6.92 Å². The van der Waals surface area contributed by atoms with Gasteiger partial charge in [0.15, 0.2) is 0 Å². The first-order valence-corrected chi connectivity index (χ1v) is 5.88. The molecule has 1 aliphatic carbocycles. The van der Waals surface area contributed by atoms with Gasteiger partial charge in [-0.2, -0.15) is 0 Å². The monoisotopic (exact) mass is 236 g/mol. The summed E-state index contributed by atoms with van der Waals surface area (Å²) in [5.74, 6) is 0. The van der Waals surface area contributed by atoms with Gasteiger partial charge in [-0.3, -0.25) is 0 Å². The SMILES string of the molecule is Cc1cccc2c1CC(NC(=O)NCCF)C2. The lowest BCUT2D eigenvalue weighted by molar-refractivity contribution is 0.236. The average molecular weight is 236 g/mol. The summed E-state index contributed by atoms with van der Waals surface area (Å²) < 4.78 is 11.9. The Bertz CT molecular complexity index is 420. The van der Waals surface area contributed by atoms with Crippen LogP contribution in [0.5, 0.6) is 0 Å². The maximum atomic E-state index is 11.9. The lowest BCUT2D eigenvalue weighted by atomic mass is 10.1. The van der Waals surface area contributed by atoms with E-state index in [1.807, 2.05) is 6.07 Å². The minimum atomic E-state index is -0.530. The second-order valence-corrected chi connectivity index (χ2v) is 4.41. The molecule has 2 N–H and O–H groups in total. The molecule has 0 radical (unpaired) electrons. The van der Waals surface area contributed by atoms with Crippen molar-refractivity contribution in [3.8, 4) is 0 Å². The molecule has 17 heavy (non-hydrogen) atoms. The zero-order chi connectivity index (χ0) is 12.3. The number of carbonyl (C=O) groups is 1. The van der Waals surface area contributed by atoms with E-state index in [0.29, 0.717) is 0 Å². The molecule has 1 aromatic carbocycles. The van der Waals surface area contributed by atoms with E-state index in [1.54, 1.807) is 0 Å². The van der Waals surface area contributed by atoms with Crippen LogP contribution in [-0.2, 0) is 12.8 Å². The van der Waals surface area contributed by atoms with Crippen LogP contribution < -0.4 is 10.6 Å². The molecule has 92 valence electrons. The van der Waals surface area contributed by atoms with Crippen molar-refractivity contribution in [2.45, 2.75) is 25.8 Å². The third kappa shape index (κ3) is 2.75. The van der Waals surface area contributed by atoms with Crippen molar-refractivity contribution in [3.63, 3.8) is 0 Å². The highest BCUT2D eigenvalue weighted by Gasteiger charge is 2.23. The lowest BCUT2D eigenvalue weighted by Crippen LogP contribution is -2.43. The predicted octanol–water partition coefficient (Wildman–Crippen LogP) is 1.73. The van der Waals surface area contributed by atoms with Gasteiger partial charge in [0, 0.05) is 12.6 Å². The fourth-order valence-corrected chi connectivity index (χ4v) is 2.33. The van der Waals surface area contributed by atoms with Gasteiger partial charge in [-0.05, 0) is 36.5 Å². The van der Waals surface area contributed by atoms with Crippen molar-refractivity contribution in [1.82, 2.24) is 10.6 Å². The second-order valence-electron chi connectivity index (χ2n) is 4.41. The highest BCUT2D eigenvalue weighted by Crippen LogP contribution is 2.24. The van der Waals surface area contributed by atoms with Gasteiger partial charge >= 0.3 is 6.03 Å². The molecule has 1 unspecified atom stereocenters. The highest BCUT2D eigenvalue weighted by molar-refractivity contribution is 5.74. The molecule has 4 heteroatoms. The number of hydrogen-bond donors (Lipinski definition) is 2. The van der Waals surface area contributed by atoms with Gasteiger partial charge < -0.3 is 10.6 Å². The smallest absolute Gasteiger partial charge is 0.315 e. The lowest BCUT2D eigenvalue weighted by Gasteiger charge is -2.12. The van der Waals surface area contributed by atoms with Crippen LogP contribution in [0.4, 0.5) is 9.18 Å². The quantitative estimate of drug-likeness (QED) is 0.824. The fraction of sp³-hybridized carbons (Fsp3) is 0.462. The number of amides is 2. The third-order valence-electron chi connectivity index (χ3n) is 3.14. The van der Waals surface area contributed by atoms with E-state index in [2.05, 4.69) is 29.7 Å². The third-order valence-corrected chi connectivity index (χ3v) is 3.14. The molecule has 0 aliphatic heterocycles. The van der Waals surface area contributed by atoms with E-state index < -0.39 is 6.67 Å². The Hall–Kier alpha value is -1.58. The molecule has 1 atom stereocenters. The molecular formula is C13H17FN2O. The normalized spacial score (nSPS) is 17.6. The van der Waals surface area contributed by atoms with Crippen LogP contribution in [-0.4, -0.2) is 25.3 Å². The summed E-state index contributed by atoms with van der Waals surface area (Å²) in [5, 5.41) is 5.35. The number of hydrogen-bond acceptors (Lipinski definition) is 1. The predicted molar refractivity (Wildman–Crippen MR) is 64.9 cm³/mol. The molecule has 3 nitrogen and oxygen atoms in total. The van der Waals surface area contributed by atoms with E-state index in [-0.39, 0.29) is 18.6 Å². The van der Waals surface area contributed by atoms with Gasteiger partial charge in [-0.1, -0.05) is 18.2 Å². The maximum absolute atomic E-state index is 11.9. The van der Waals surface area contributed by atoms with Crippen LogP contribution in [0.1, 0.15) is 16.7 Å². The van der Waals surface area contributed by atoms with Gasteiger partial charge in [0.2, 0.25) is 0 Å². The molecule has 0 saturated heterocycles. The first kappa shape index (κ1) is 11.9. The highest BCUT2D eigenvalue weighted by atomic mass is 19.1. The summed E-state index contributed by atoms with van der Waals surface area (Å²) in [5.41, 5.74) is 3.92. The topological polar surface area (TPSA) is 41.1 Å². The minimum absolute atomic E-state index is 0.0739. The van der Waals surface area contributed by atoms with Gasteiger partial charge in [0.25, 0.3) is 0 Å². The van der Waals surface area contributed by atoms with E-state index in [0.717, 1.165) is 12.8 Å². The number of carbonyl (C=O) groups excluding carboxylic acids is 1. The first-order chi connectivity index (χ1) is 8.20. The molecule has 1 aliphatic rings. The van der Waals surface area contributed by atoms with Crippen LogP contribution in [0.25, 0.3) is 0 Å². The Kier molecular flexibility index (Phi) is 3.61. The number of alkyl halides is 1. The zero-order valence-electron chi connectivity index (χ0n) is 9.92. The van der Waals surface area contributed by atoms with Crippen molar-refractivity contribution >= 4 is 6.03 Å². The minimum Gasteiger partial charge on any atom is -0.336 e. The Morgan fingerprint density at radius 2 is 2.29 bits per heavy atom. The standard InChI is InChI=1S/C13H17FN2O/c1-9-3-2-4-10-7-11(8-12(9)10)16-13(17)15-6-5-14/h2-4,11H,5-8H2,1H3,(H2,15,16,17). The molecule has 2 rings (SSSR count). The van der Waals surface area contributed by atoms with E-state index >= 15 is 0 Å². The largest absolute Gasteiger partial charge is 0.336 e. The number of aryl methyl sites for hydroxylation is 1. The van der Waals surface area contributed by atoms with Crippen molar-refractivity contribution < 1.29 is 9.18 Å². The molecule has 1 aromatic rings. The average Bonchev–Trinajstić information content (AvgIpc) is 2.70. The molecule has 2 amide bonds. The summed E-state index contributed by atoms with van der Waals surface area (Å²) in [6.07, 6.45) is 1.73. The Balaban J connectivity index is 1.92.